The van der Waals surface area contributed by atoms with Crippen LogP contribution in [-0.4, -0.2) is 67.9 Å². The molecule has 34 heavy (non-hydrogen) atoms. The minimum atomic E-state index is -0.779. The van der Waals surface area contributed by atoms with Gasteiger partial charge in [0.2, 0.25) is 5.28 Å². The van der Waals surface area contributed by atoms with Crippen molar-refractivity contribution in [2.75, 3.05) is 18.1 Å². The van der Waals surface area contributed by atoms with Crippen molar-refractivity contribution in [3.63, 3.8) is 0 Å². The second kappa shape index (κ2) is 9.05. The van der Waals surface area contributed by atoms with E-state index in [1.54, 1.807) is 17.0 Å². The number of piperidine rings is 1. The fraction of sp³-hybridized carbons (Fsp3) is 0.542. The van der Waals surface area contributed by atoms with Crippen molar-refractivity contribution in [1.82, 2.24) is 19.5 Å². The number of imidazole rings is 1. The van der Waals surface area contributed by atoms with Gasteiger partial charge < -0.3 is 24.2 Å². The van der Waals surface area contributed by atoms with Gasteiger partial charge in [0, 0.05) is 6.54 Å². The number of fused-ring (bicyclic) bond motifs is 2. The zero-order valence-corrected chi connectivity index (χ0v) is 20.2. The molecule has 5 heterocycles. The molecule has 3 aliphatic heterocycles. The smallest absolute Gasteiger partial charge is 0.226 e. The third-order valence-corrected chi connectivity index (χ3v) is 6.83. The van der Waals surface area contributed by atoms with Crippen LogP contribution in [0.1, 0.15) is 39.3 Å². The molecule has 0 aliphatic carbocycles. The van der Waals surface area contributed by atoms with E-state index in [0.29, 0.717) is 17.0 Å². The number of allylic oxidation sites excluding steroid dienone is 2. The molecule has 0 aromatic carbocycles. The number of ether oxygens (including phenoxy) is 3. The fourth-order valence-corrected chi connectivity index (χ4v) is 5.44. The third-order valence-electron chi connectivity index (χ3n) is 6.66. The molecule has 9 nitrogen and oxygen atoms in total. The lowest BCUT2D eigenvalue weighted by Crippen LogP contribution is -2.41. The number of anilines is 1. The predicted molar refractivity (Wildman–Crippen MR) is 129 cm³/mol. The molecule has 3 aliphatic rings. The monoisotopic (exact) mass is 487 g/mol. The molecule has 5 unspecified atom stereocenters. The van der Waals surface area contributed by atoms with Crippen molar-refractivity contribution in [2.24, 2.45) is 0 Å². The number of halogens is 1. The fourth-order valence-electron chi connectivity index (χ4n) is 5.28. The summed E-state index contributed by atoms with van der Waals surface area (Å²) in [4.78, 5) is 16.0. The van der Waals surface area contributed by atoms with Gasteiger partial charge in [0.1, 0.15) is 18.3 Å². The Bertz CT molecular complexity index is 1130. The maximum atomic E-state index is 9.86. The first-order chi connectivity index (χ1) is 16.4. The first-order valence-electron chi connectivity index (χ1n) is 11.6. The first kappa shape index (κ1) is 23.4. The van der Waals surface area contributed by atoms with E-state index in [-0.39, 0.29) is 17.9 Å². The molecule has 3 saturated heterocycles. The Labute approximate surface area is 203 Å². The van der Waals surface area contributed by atoms with Crippen LogP contribution in [0.2, 0.25) is 5.28 Å². The molecular weight excluding hydrogens is 458 g/mol. The molecule has 0 amide bonds. The molecule has 5 atom stereocenters. The van der Waals surface area contributed by atoms with Crippen molar-refractivity contribution in [3.05, 3.63) is 48.6 Å². The highest BCUT2D eigenvalue weighted by atomic mass is 35.5. The number of hydrogen-bond donors (Lipinski definition) is 1. The van der Waals surface area contributed by atoms with Crippen molar-refractivity contribution < 1.29 is 19.3 Å². The Hall–Kier alpha value is -2.30. The van der Waals surface area contributed by atoms with Crippen LogP contribution < -0.4 is 4.90 Å². The summed E-state index contributed by atoms with van der Waals surface area (Å²) in [5, 5.41) is 9.98. The van der Waals surface area contributed by atoms with Crippen LogP contribution in [0.4, 0.5) is 5.82 Å². The average Bonchev–Trinajstić information content (AvgIpc) is 3.47. The van der Waals surface area contributed by atoms with Crippen LogP contribution in [-0.2, 0) is 14.2 Å². The summed E-state index contributed by atoms with van der Waals surface area (Å²) in [5.74, 6) is -0.106. The number of aliphatic hydroxyl groups is 1. The SMILES string of the molecule is C=C/C=C(\C=C)C1CCCCN1c1nc(Cl)nc2c1ncn2C1OC(CO)C2OC(C)(C)OC21. The van der Waals surface area contributed by atoms with Crippen LogP contribution in [0, 0.1) is 0 Å². The second-order valence-corrected chi connectivity index (χ2v) is 9.60. The van der Waals surface area contributed by atoms with E-state index >= 15 is 0 Å². The van der Waals surface area contributed by atoms with Gasteiger partial charge in [-0.3, -0.25) is 4.57 Å². The summed E-state index contributed by atoms with van der Waals surface area (Å²) in [5.41, 5.74) is 2.25. The highest BCUT2D eigenvalue weighted by Gasteiger charge is 2.56. The lowest BCUT2D eigenvalue weighted by atomic mass is 9.94. The summed E-state index contributed by atoms with van der Waals surface area (Å²) >= 11 is 6.44. The van der Waals surface area contributed by atoms with Gasteiger partial charge in [0.15, 0.2) is 29.0 Å². The number of aliphatic hydroxyl groups excluding tert-OH is 1. The van der Waals surface area contributed by atoms with E-state index in [0.717, 1.165) is 31.4 Å². The van der Waals surface area contributed by atoms with Crippen LogP contribution in [0.5, 0.6) is 0 Å². The van der Waals surface area contributed by atoms with Crippen LogP contribution in [0.3, 0.4) is 0 Å². The van der Waals surface area contributed by atoms with Crippen LogP contribution >= 0.6 is 11.6 Å². The summed E-state index contributed by atoms with van der Waals surface area (Å²) < 4.78 is 20.1. The zero-order chi connectivity index (χ0) is 24.0. The van der Waals surface area contributed by atoms with Gasteiger partial charge in [-0.2, -0.15) is 9.97 Å². The van der Waals surface area contributed by atoms with Gasteiger partial charge in [-0.15, -0.1) is 0 Å². The summed E-state index contributed by atoms with van der Waals surface area (Å²) in [6.45, 7) is 12.2. The molecule has 0 saturated carbocycles. The Morgan fingerprint density at radius 3 is 2.79 bits per heavy atom. The van der Waals surface area contributed by atoms with Crippen molar-refractivity contribution in [1.29, 1.82) is 0 Å². The van der Waals surface area contributed by atoms with Crippen molar-refractivity contribution in [3.8, 4) is 0 Å². The summed E-state index contributed by atoms with van der Waals surface area (Å²) in [6, 6.07) is 0.0850. The quantitative estimate of drug-likeness (QED) is 0.488. The van der Waals surface area contributed by atoms with Crippen LogP contribution in [0.25, 0.3) is 11.2 Å². The molecule has 2 aromatic rings. The van der Waals surface area contributed by atoms with E-state index in [1.165, 1.54) is 0 Å². The lowest BCUT2D eigenvalue weighted by molar-refractivity contribution is -0.199. The van der Waals surface area contributed by atoms with E-state index < -0.39 is 30.3 Å². The number of hydrogen-bond acceptors (Lipinski definition) is 8. The normalized spacial score (nSPS) is 31.1. The highest BCUT2D eigenvalue weighted by Crippen LogP contribution is 2.44. The van der Waals surface area contributed by atoms with Gasteiger partial charge in [-0.05, 0) is 50.3 Å². The molecular formula is C24H30ClN5O4. The van der Waals surface area contributed by atoms with Gasteiger partial charge in [-0.25, -0.2) is 4.98 Å². The molecule has 5 rings (SSSR count). The molecule has 0 radical (unpaired) electrons. The topological polar surface area (TPSA) is 94.8 Å². The standard InChI is InChI=1S/C24H30ClN5O4/c1-5-9-14(6-2)15-10-7-8-11-29(15)20-17-21(28-23(25)27-20)30(13-26-17)22-19-18(16(12-31)32-22)33-24(3,4)34-19/h5-6,9,13,15-16,18-19,22,31H,1-2,7-8,10-12H2,3-4H3/b14-9+. The molecule has 0 spiro atoms. The average molecular weight is 488 g/mol. The van der Waals surface area contributed by atoms with Gasteiger partial charge in [-0.1, -0.05) is 31.4 Å². The molecule has 3 fully saturated rings. The van der Waals surface area contributed by atoms with E-state index in [9.17, 15) is 5.11 Å². The number of rotatable bonds is 6. The van der Waals surface area contributed by atoms with Gasteiger partial charge >= 0.3 is 0 Å². The molecule has 2 aromatic heterocycles. The van der Waals surface area contributed by atoms with E-state index in [2.05, 4.69) is 33.0 Å². The first-order valence-corrected chi connectivity index (χ1v) is 12.0. The zero-order valence-electron chi connectivity index (χ0n) is 19.4. The second-order valence-electron chi connectivity index (χ2n) is 9.26. The lowest BCUT2D eigenvalue weighted by Gasteiger charge is -2.37. The Balaban J connectivity index is 1.57. The molecule has 182 valence electrons. The summed E-state index contributed by atoms with van der Waals surface area (Å²) in [7, 11) is 0. The Morgan fingerprint density at radius 2 is 2.06 bits per heavy atom. The molecule has 0 bridgehead atoms. The van der Waals surface area contributed by atoms with Crippen molar-refractivity contribution >= 4 is 28.6 Å². The van der Waals surface area contributed by atoms with Crippen molar-refractivity contribution in [2.45, 2.75) is 69.5 Å². The summed E-state index contributed by atoms with van der Waals surface area (Å²) in [6.07, 6.45) is 8.48. The van der Waals surface area contributed by atoms with Gasteiger partial charge in [0.05, 0.1) is 19.0 Å². The predicted octanol–water partition coefficient (Wildman–Crippen LogP) is 3.55. The molecule has 10 heteroatoms. The third kappa shape index (κ3) is 3.95. The van der Waals surface area contributed by atoms with Gasteiger partial charge in [0.25, 0.3) is 0 Å². The highest BCUT2D eigenvalue weighted by molar-refractivity contribution is 6.28. The number of nitrogens with zero attached hydrogens (tertiary/aromatic N) is 5. The van der Waals surface area contributed by atoms with E-state index in [4.69, 9.17) is 25.8 Å². The minimum Gasteiger partial charge on any atom is -0.394 e. The minimum absolute atomic E-state index is 0.0850. The maximum absolute atomic E-state index is 9.86. The number of aromatic nitrogens is 4. The Kier molecular flexibility index (Phi) is 6.24. The van der Waals surface area contributed by atoms with E-state index in [1.807, 2.05) is 26.0 Å². The van der Waals surface area contributed by atoms with Crippen LogP contribution in [0.15, 0.2) is 43.3 Å². The molecule has 1 N–H and O–H groups in total. The largest absolute Gasteiger partial charge is 0.394 e. The Morgan fingerprint density at radius 1 is 1.26 bits per heavy atom. The maximum Gasteiger partial charge on any atom is 0.226 e.